The number of piperidine rings is 1. The van der Waals surface area contributed by atoms with Crippen LogP contribution in [0.15, 0.2) is 47.7 Å². The summed E-state index contributed by atoms with van der Waals surface area (Å²) in [5.41, 5.74) is 7.87. The third kappa shape index (κ3) is 7.08. The van der Waals surface area contributed by atoms with Gasteiger partial charge in [-0.15, -0.1) is 0 Å². The molecule has 10 heteroatoms. The van der Waals surface area contributed by atoms with Gasteiger partial charge < -0.3 is 15.4 Å². The minimum absolute atomic E-state index is 0.179. The van der Waals surface area contributed by atoms with Crippen molar-refractivity contribution in [3.8, 4) is 11.4 Å². The Labute approximate surface area is 222 Å². The maximum Gasteiger partial charge on any atom is 0.409 e. The van der Waals surface area contributed by atoms with Gasteiger partial charge in [0, 0.05) is 44.7 Å². The van der Waals surface area contributed by atoms with Gasteiger partial charge in [0.05, 0.1) is 12.4 Å². The maximum atomic E-state index is 12.7. The van der Waals surface area contributed by atoms with Crippen LogP contribution in [0, 0.1) is 5.92 Å². The zero-order chi connectivity index (χ0) is 27.1. The van der Waals surface area contributed by atoms with Crippen LogP contribution in [0.2, 0.25) is 0 Å². The smallest absolute Gasteiger partial charge is 0.409 e. The molecule has 0 radical (unpaired) electrons. The van der Waals surface area contributed by atoms with Crippen LogP contribution in [-0.4, -0.2) is 49.6 Å². The molecule has 1 aromatic carbocycles. The summed E-state index contributed by atoms with van der Waals surface area (Å²) in [6.45, 7) is 6.50. The van der Waals surface area contributed by atoms with Gasteiger partial charge in [-0.05, 0) is 55.2 Å². The number of carbonyl (C=O) groups is 2. The first kappa shape index (κ1) is 27.1. The Hall–Kier alpha value is -3.95. The predicted octanol–water partition coefficient (Wildman–Crippen LogP) is 3.47. The first-order chi connectivity index (χ1) is 18.3. The maximum absolute atomic E-state index is 12.7. The lowest BCUT2D eigenvalue weighted by Crippen LogP contribution is -2.35. The van der Waals surface area contributed by atoms with Gasteiger partial charge >= 0.3 is 6.09 Å². The molecule has 0 spiro atoms. The third-order valence-electron chi connectivity index (χ3n) is 6.66. The summed E-state index contributed by atoms with van der Waals surface area (Å²) in [4.78, 5) is 38.5. The van der Waals surface area contributed by atoms with E-state index in [9.17, 15) is 14.4 Å². The molecule has 0 aliphatic carbocycles. The highest BCUT2D eigenvalue weighted by Gasteiger charge is 2.17. The Bertz CT molecular complexity index is 1320. The number of nitrogens with two attached hydrogens (primary N) is 1. The summed E-state index contributed by atoms with van der Waals surface area (Å²) >= 11 is 0. The lowest BCUT2D eigenvalue weighted by Gasteiger charge is -2.26. The lowest BCUT2D eigenvalue weighted by molar-refractivity contribution is -0.132. The van der Waals surface area contributed by atoms with Gasteiger partial charge in [-0.25, -0.2) is 9.48 Å². The molecule has 10 nitrogen and oxygen atoms in total. The molecule has 4 rings (SSSR count). The SMILES string of the molecule is CC(C)Cc1c(Cc2nn(-c3cnn(CCCC(=O)N4CCCCC4)c3)ccc2=O)cccc1OC(N)=O. The first-order valence-electron chi connectivity index (χ1n) is 13.3. The van der Waals surface area contributed by atoms with Crippen LogP contribution < -0.4 is 15.9 Å². The zero-order valence-electron chi connectivity index (χ0n) is 22.1. The molecule has 38 heavy (non-hydrogen) atoms. The normalized spacial score (nSPS) is 13.6. The summed E-state index contributed by atoms with van der Waals surface area (Å²) in [7, 11) is 0. The molecule has 1 saturated heterocycles. The Morgan fingerprint density at radius 3 is 2.66 bits per heavy atom. The van der Waals surface area contributed by atoms with Crippen molar-refractivity contribution >= 4 is 12.0 Å². The Morgan fingerprint density at radius 1 is 1.13 bits per heavy atom. The molecule has 202 valence electrons. The summed E-state index contributed by atoms with van der Waals surface area (Å²) in [6.07, 6.45) is 9.84. The third-order valence-corrected chi connectivity index (χ3v) is 6.66. The highest BCUT2D eigenvalue weighted by molar-refractivity contribution is 5.76. The minimum atomic E-state index is -0.875. The summed E-state index contributed by atoms with van der Waals surface area (Å²) in [5.74, 6) is 0.915. The molecular formula is C28H36N6O4. The molecule has 0 atom stereocenters. The number of nitrogens with zero attached hydrogens (tertiary/aromatic N) is 5. The second-order valence-corrected chi connectivity index (χ2v) is 10.2. The van der Waals surface area contributed by atoms with E-state index in [1.54, 1.807) is 33.9 Å². The van der Waals surface area contributed by atoms with E-state index >= 15 is 0 Å². The average Bonchev–Trinajstić information content (AvgIpc) is 3.36. The van der Waals surface area contributed by atoms with Gasteiger partial charge in [0.25, 0.3) is 0 Å². The largest absolute Gasteiger partial charge is 0.410 e. The van der Waals surface area contributed by atoms with Crippen molar-refractivity contribution in [2.45, 2.75) is 65.3 Å². The lowest BCUT2D eigenvalue weighted by atomic mass is 9.94. The fourth-order valence-corrected chi connectivity index (χ4v) is 4.80. The number of aryl methyl sites for hydroxylation is 1. The molecule has 1 aliphatic rings. The molecule has 1 fully saturated rings. The van der Waals surface area contributed by atoms with E-state index < -0.39 is 6.09 Å². The number of ether oxygens (including phenoxy) is 1. The van der Waals surface area contributed by atoms with Crippen molar-refractivity contribution in [2.24, 2.45) is 11.7 Å². The van der Waals surface area contributed by atoms with E-state index in [-0.39, 0.29) is 17.8 Å². The summed E-state index contributed by atoms with van der Waals surface area (Å²) in [6, 6.07) is 6.88. The van der Waals surface area contributed by atoms with Gasteiger partial charge in [0.1, 0.15) is 17.1 Å². The number of hydrogen-bond donors (Lipinski definition) is 1. The van der Waals surface area contributed by atoms with Crippen molar-refractivity contribution in [2.75, 3.05) is 13.1 Å². The number of aromatic nitrogens is 4. The van der Waals surface area contributed by atoms with E-state index in [2.05, 4.69) is 24.0 Å². The summed E-state index contributed by atoms with van der Waals surface area (Å²) < 4.78 is 8.66. The molecule has 3 heterocycles. The van der Waals surface area contributed by atoms with Gasteiger partial charge in [-0.1, -0.05) is 26.0 Å². The second kappa shape index (κ2) is 12.5. The molecule has 2 N–H and O–H groups in total. The van der Waals surface area contributed by atoms with Crippen molar-refractivity contribution < 1.29 is 14.3 Å². The monoisotopic (exact) mass is 520 g/mol. The number of likely N-dealkylation sites (tertiary alicyclic amines) is 1. The Balaban J connectivity index is 1.46. The van der Waals surface area contributed by atoms with Crippen molar-refractivity contribution in [3.05, 3.63) is 69.9 Å². The van der Waals surface area contributed by atoms with Gasteiger partial charge in [-0.3, -0.25) is 14.3 Å². The average molecular weight is 521 g/mol. The molecule has 1 aliphatic heterocycles. The van der Waals surface area contributed by atoms with E-state index in [0.717, 1.165) is 42.7 Å². The van der Waals surface area contributed by atoms with Crippen LogP contribution in [0.4, 0.5) is 4.79 Å². The number of hydrogen-bond acceptors (Lipinski definition) is 6. The number of benzene rings is 1. The van der Waals surface area contributed by atoms with Crippen molar-refractivity contribution in [3.63, 3.8) is 0 Å². The number of amides is 2. The molecule has 0 bridgehead atoms. The number of primary amides is 1. The summed E-state index contributed by atoms with van der Waals surface area (Å²) in [5, 5.41) is 9.01. The van der Waals surface area contributed by atoms with E-state index in [0.29, 0.717) is 43.2 Å². The van der Waals surface area contributed by atoms with Gasteiger partial charge in [-0.2, -0.15) is 10.2 Å². The van der Waals surface area contributed by atoms with Crippen LogP contribution in [0.25, 0.3) is 5.69 Å². The molecule has 2 amide bonds. The highest BCUT2D eigenvalue weighted by Crippen LogP contribution is 2.27. The van der Waals surface area contributed by atoms with E-state index in [1.165, 1.54) is 12.5 Å². The van der Waals surface area contributed by atoms with E-state index in [4.69, 9.17) is 10.5 Å². The van der Waals surface area contributed by atoms with Gasteiger partial charge in [0.15, 0.2) is 0 Å². The Kier molecular flexibility index (Phi) is 8.93. The van der Waals surface area contributed by atoms with Gasteiger partial charge in [0.2, 0.25) is 11.3 Å². The van der Waals surface area contributed by atoms with Crippen molar-refractivity contribution in [1.82, 2.24) is 24.5 Å². The molecular weight excluding hydrogens is 484 g/mol. The molecule has 0 unspecified atom stereocenters. The topological polar surface area (TPSA) is 125 Å². The standard InChI is InChI=1S/C28H36N6O4/c1-20(2)16-23-21(8-6-9-26(23)38-28(29)37)17-24-25(35)11-15-34(31-24)22-18-30-33(19-22)14-7-10-27(36)32-12-4-3-5-13-32/h6,8-9,11,15,18-20H,3-5,7,10,12-14,16-17H2,1-2H3,(H2,29,37). The number of rotatable bonds is 10. The Morgan fingerprint density at radius 2 is 1.92 bits per heavy atom. The van der Waals surface area contributed by atoms with Crippen LogP contribution >= 0.6 is 0 Å². The fraction of sp³-hybridized carbons (Fsp3) is 0.464. The first-order valence-corrected chi connectivity index (χ1v) is 13.3. The van der Waals surface area contributed by atoms with Crippen LogP contribution in [-0.2, 0) is 24.2 Å². The second-order valence-electron chi connectivity index (χ2n) is 10.2. The van der Waals surface area contributed by atoms with Crippen LogP contribution in [0.1, 0.15) is 62.8 Å². The van der Waals surface area contributed by atoms with E-state index in [1.807, 2.05) is 17.2 Å². The van der Waals surface area contributed by atoms with Crippen LogP contribution in [0.3, 0.4) is 0 Å². The molecule has 2 aromatic heterocycles. The minimum Gasteiger partial charge on any atom is -0.410 e. The predicted molar refractivity (Wildman–Crippen MR) is 143 cm³/mol. The van der Waals surface area contributed by atoms with Crippen molar-refractivity contribution in [1.29, 1.82) is 0 Å². The zero-order valence-corrected chi connectivity index (χ0v) is 22.1. The molecule has 3 aromatic rings. The van der Waals surface area contributed by atoms with Crippen LogP contribution in [0.5, 0.6) is 5.75 Å². The number of carbonyl (C=O) groups excluding carboxylic acids is 2. The quantitative estimate of drug-likeness (QED) is 0.436. The fourth-order valence-electron chi connectivity index (χ4n) is 4.80. The highest BCUT2D eigenvalue weighted by atomic mass is 16.5. The molecule has 0 saturated carbocycles.